The van der Waals surface area contributed by atoms with Crippen LogP contribution in [0.2, 0.25) is 0 Å². The molecule has 26 heavy (non-hydrogen) atoms. The molecule has 1 aromatic carbocycles. The van der Waals surface area contributed by atoms with E-state index in [1.807, 2.05) is 18.2 Å². The topological polar surface area (TPSA) is 72.0 Å². The van der Waals surface area contributed by atoms with Crippen molar-refractivity contribution in [3.8, 4) is 11.5 Å². The van der Waals surface area contributed by atoms with E-state index in [9.17, 15) is 9.59 Å². The fourth-order valence-electron chi connectivity index (χ4n) is 3.17. The number of carbonyl (C=O) groups excluding carboxylic acids is 2. The van der Waals surface area contributed by atoms with Crippen LogP contribution < -0.4 is 9.47 Å². The molecule has 1 saturated heterocycles. The minimum atomic E-state index is -0.0408. The first kappa shape index (κ1) is 16.4. The number of hydrogen-bond acceptors (Lipinski definition) is 5. The van der Waals surface area contributed by atoms with E-state index < -0.39 is 0 Å². The van der Waals surface area contributed by atoms with Crippen LogP contribution in [0.5, 0.6) is 11.5 Å². The molecular formula is C19H19N3O4. The smallest absolute Gasteiger partial charge is 0.255 e. The molecule has 0 N–H and O–H groups in total. The molecule has 0 bridgehead atoms. The Bertz CT molecular complexity index is 817. The number of piperazine rings is 1. The van der Waals surface area contributed by atoms with Gasteiger partial charge >= 0.3 is 0 Å². The second kappa shape index (κ2) is 7.03. The molecule has 4 rings (SSSR count). The Morgan fingerprint density at radius 3 is 2.54 bits per heavy atom. The molecule has 2 aliphatic rings. The zero-order valence-electron chi connectivity index (χ0n) is 14.3. The lowest BCUT2D eigenvalue weighted by Crippen LogP contribution is -2.51. The van der Waals surface area contributed by atoms with Gasteiger partial charge in [0, 0.05) is 38.6 Å². The molecule has 2 amide bonds. The number of carbonyl (C=O) groups is 2. The van der Waals surface area contributed by atoms with Crippen LogP contribution in [-0.2, 0) is 11.2 Å². The van der Waals surface area contributed by atoms with E-state index in [2.05, 4.69) is 4.98 Å². The van der Waals surface area contributed by atoms with Crippen LogP contribution in [0, 0.1) is 0 Å². The van der Waals surface area contributed by atoms with Gasteiger partial charge in [-0.2, -0.15) is 0 Å². The first-order valence-electron chi connectivity index (χ1n) is 8.56. The van der Waals surface area contributed by atoms with Gasteiger partial charge in [-0.05, 0) is 29.8 Å². The Kier molecular flexibility index (Phi) is 4.43. The van der Waals surface area contributed by atoms with E-state index in [4.69, 9.17) is 9.47 Å². The summed E-state index contributed by atoms with van der Waals surface area (Å²) in [6.45, 7) is 2.35. The summed E-state index contributed by atoms with van der Waals surface area (Å²) >= 11 is 0. The Hall–Kier alpha value is -3.09. The van der Waals surface area contributed by atoms with Crippen molar-refractivity contribution in [3.05, 3.63) is 53.9 Å². The molecule has 7 nitrogen and oxygen atoms in total. The minimum absolute atomic E-state index is 0.0408. The summed E-state index contributed by atoms with van der Waals surface area (Å²) in [6.07, 6.45) is 3.52. The van der Waals surface area contributed by atoms with Crippen molar-refractivity contribution in [3.63, 3.8) is 0 Å². The maximum absolute atomic E-state index is 12.6. The molecule has 0 radical (unpaired) electrons. The summed E-state index contributed by atoms with van der Waals surface area (Å²) in [7, 11) is 0. The molecule has 2 aromatic rings. The molecule has 0 atom stereocenters. The van der Waals surface area contributed by atoms with Crippen molar-refractivity contribution in [1.29, 1.82) is 0 Å². The van der Waals surface area contributed by atoms with E-state index in [1.165, 1.54) is 0 Å². The number of benzene rings is 1. The average Bonchev–Trinajstić information content (AvgIpc) is 3.16. The van der Waals surface area contributed by atoms with Gasteiger partial charge in [0.25, 0.3) is 5.91 Å². The highest BCUT2D eigenvalue weighted by Gasteiger charge is 2.25. The Labute approximate surface area is 151 Å². The number of hydrogen-bond donors (Lipinski definition) is 0. The first-order valence-corrected chi connectivity index (χ1v) is 8.56. The van der Waals surface area contributed by atoms with Crippen LogP contribution in [0.3, 0.4) is 0 Å². The fourth-order valence-corrected chi connectivity index (χ4v) is 3.17. The van der Waals surface area contributed by atoms with Crippen molar-refractivity contribution in [2.45, 2.75) is 6.42 Å². The van der Waals surface area contributed by atoms with Crippen LogP contribution in [0.25, 0.3) is 0 Å². The summed E-state index contributed by atoms with van der Waals surface area (Å²) in [5, 5.41) is 0. The molecule has 3 heterocycles. The highest BCUT2D eigenvalue weighted by atomic mass is 16.7. The van der Waals surface area contributed by atoms with Gasteiger partial charge in [0.1, 0.15) is 0 Å². The molecule has 0 aliphatic carbocycles. The van der Waals surface area contributed by atoms with Gasteiger partial charge in [-0.25, -0.2) is 0 Å². The van der Waals surface area contributed by atoms with Gasteiger partial charge in [-0.3, -0.25) is 14.6 Å². The predicted octanol–water partition coefficient (Wildman–Crippen LogP) is 1.34. The highest BCUT2D eigenvalue weighted by Crippen LogP contribution is 2.32. The SMILES string of the molecule is O=C(Cc1ccc2c(c1)OCO2)N1CCN(C(=O)c2cccnc2)CC1. The van der Waals surface area contributed by atoms with Crippen LogP contribution in [0.1, 0.15) is 15.9 Å². The largest absolute Gasteiger partial charge is 0.454 e. The maximum atomic E-state index is 12.6. The van der Waals surface area contributed by atoms with Crippen molar-refractivity contribution in [2.24, 2.45) is 0 Å². The number of amides is 2. The first-order chi connectivity index (χ1) is 12.7. The number of ether oxygens (including phenoxy) is 2. The number of rotatable bonds is 3. The van der Waals surface area contributed by atoms with Gasteiger partial charge < -0.3 is 19.3 Å². The molecule has 0 saturated carbocycles. The second-order valence-electron chi connectivity index (χ2n) is 6.28. The average molecular weight is 353 g/mol. The van der Waals surface area contributed by atoms with Gasteiger partial charge in [-0.15, -0.1) is 0 Å². The molecule has 0 spiro atoms. The quantitative estimate of drug-likeness (QED) is 0.833. The minimum Gasteiger partial charge on any atom is -0.454 e. The molecule has 0 unspecified atom stereocenters. The van der Waals surface area contributed by atoms with E-state index in [0.717, 1.165) is 5.56 Å². The summed E-state index contributed by atoms with van der Waals surface area (Å²) in [5.41, 5.74) is 1.47. The third-order valence-corrected chi connectivity index (χ3v) is 4.62. The molecule has 7 heteroatoms. The van der Waals surface area contributed by atoms with Gasteiger partial charge in [-0.1, -0.05) is 6.07 Å². The molecule has 134 valence electrons. The highest BCUT2D eigenvalue weighted by molar-refractivity contribution is 5.94. The molecule has 2 aliphatic heterocycles. The standard InChI is InChI=1S/C19H19N3O4/c23-18(11-14-3-4-16-17(10-14)26-13-25-16)21-6-8-22(9-7-21)19(24)15-2-1-5-20-12-15/h1-5,10,12H,6-9,11,13H2. The number of fused-ring (bicyclic) bond motifs is 1. The Morgan fingerprint density at radius 1 is 1.00 bits per heavy atom. The maximum Gasteiger partial charge on any atom is 0.255 e. The monoisotopic (exact) mass is 353 g/mol. The van der Waals surface area contributed by atoms with Crippen LogP contribution in [0.4, 0.5) is 0 Å². The Morgan fingerprint density at radius 2 is 1.77 bits per heavy atom. The van der Waals surface area contributed by atoms with Crippen molar-refractivity contribution in [2.75, 3.05) is 33.0 Å². The summed E-state index contributed by atoms with van der Waals surface area (Å²) in [5.74, 6) is 1.41. The molecule has 1 aromatic heterocycles. The fraction of sp³-hybridized carbons (Fsp3) is 0.316. The lowest BCUT2D eigenvalue weighted by Gasteiger charge is -2.34. The van der Waals surface area contributed by atoms with Crippen LogP contribution >= 0.6 is 0 Å². The van der Waals surface area contributed by atoms with Gasteiger partial charge in [0.15, 0.2) is 11.5 Å². The third kappa shape index (κ3) is 3.33. The zero-order chi connectivity index (χ0) is 17.9. The van der Waals surface area contributed by atoms with Crippen molar-refractivity contribution >= 4 is 11.8 Å². The van der Waals surface area contributed by atoms with Crippen LogP contribution in [0.15, 0.2) is 42.7 Å². The van der Waals surface area contributed by atoms with Gasteiger partial charge in [0.2, 0.25) is 12.7 Å². The zero-order valence-corrected chi connectivity index (χ0v) is 14.3. The normalized spacial score (nSPS) is 15.8. The Balaban J connectivity index is 1.33. The molecule has 1 fully saturated rings. The predicted molar refractivity (Wildman–Crippen MR) is 93.0 cm³/mol. The number of nitrogens with zero attached hydrogens (tertiary/aromatic N) is 3. The molecular weight excluding hydrogens is 334 g/mol. The van der Waals surface area contributed by atoms with Crippen molar-refractivity contribution < 1.29 is 19.1 Å². The van der Waals surface area contributed by atoms with E-state index >= 15 is 0 Å². The van der Waals surface area contributed by atoms with Gasteiger partial charge in [0.05, 0.1) is 12.0 Å². The van der Waals surface area contributed by atoms with Crippen LogP contribution in [-0.4, -0.2) is 59.6 Å². The lowest BCUT2D eigenvalue weighted by molar-refractivity contribution is -0.131. The number of pyridine rings is 1. The lowest BCUT2D eigenvalue weighted by atomic mass is 10.1. The van der Waals surface area contributed by atoms with E-state index in [-0.39, 0.29) is 18.6 Å². The van der Waals surface area contributed by atoms with Crippen molar-refractivity contribution in [1.82, 2.24) is 14.8 Å². The summed E-state index contributed by atoms with van der Waals surface area (Å²) < 4.78 is 10.6. The third-order valence-electron chi connectivity index (χ3n) is 4.62. The summed E-state index contributed by atoms with van der Waals surface area (Å²) in [4.78, 5) is 32.5. The van der Waals surface area contributed by atoms with E-state index in [0.29, 0.717) is 49.7 Å². The summed E-state index contributed by atoms with van der Waals surface area (Å²) in [6, 6.07) is 9.07. The number of aromatic nitrogens is 1. The van der Waals surface area contributed by atoms with E-state index in [1.54, 1.807) is 34.3 Å². The second-order valence-corrected chi connectivity index (χ2v) is 6.28.